The number of rotatable bonds is 7. The van der Waals surface area contributed by atoms with Gasteiger partial charge in [0.25, 0.3) is 0 Å². The molecule has 0 aliphatic carbocycles. The minimum absolute atomic E-state index is 0.0506. The molecule has 1 atom stereocenters. The van der Waals surface area contributed by atoms with Crippen molar-refractivity contribution in [3.8, 4) is 5.75 Å². The van der Waals surface area contributed by atoms with E-state index in [9.17, 15) is 4.79 Å². The van der Waals surface area contributed by atoms with Crippen LogP contribution >= 0.6 is 0 Å². The van der Waals surface area contributed by atoms with Gasteiger partial charge in [0, 0.05) is 13.0 Å². The zero-order chi connectivity index (χ0) is 12.7. The van der Waals surface area contributed by atoms with Gasteiger partial charge in [0.2, 0.25) is 0 Å². The predicted octanol–water partition coefficient (Wildman–Crippen LogP) is 0.402. The lowest BCUT2D eigenvalue weighted by Crippen LogP contribution is -2.31. The van der Waals surface area contributed by atoms with Crippen LogP contribution in [-0.4, -0.2) is 35.4 Å². The maximum Gasteiger partial charge on any atom is 0.320 e. The fraction of sp³-hybridized carbons (Fsp3) is 0.417. The highest BCUT2D eigenvalue weighted by Crippen LogP contribution is 2.18. The Bertz CT molecular complexity index is 367. The van der Waals surface area contributed by atoms with Crippen LogP contribution in [0.15, 0.2) is 24.3 Å². The van der Waals surface area contributed by atoms with Crippen LogP contribution < -0.4 is 10.5 Å². The molecule has 1 unspecified atom stereocenters. The maximum absolute atomic E-state index is 10.5. The van der Waals surface area contributed by atoms with E-state index >= 15 is 0 Å². The number of carbonyl (C=O) groups is 1. The molecule has 5 nitrogen and oxygen atoms in total. The van der Waals surface area contributed by atoms with E-state index in [1.165, 1.54) is 0 Å². The maximum atomic E-state index is 10.5. The highest BCUT2D eigenvalue weighted by Gasteiger charge is 2.11. The number of hydrogen-bond acceptors (Lipinski definition) is 4. The molecule has 1 aromatic carbocycles. The lowest BCUT2D eigenvalue weighted by molar-refractivity contribution is -0.138. The molecule has 17 heavy (non-hydrogen) atoms. The summed E-state index contributed by atoms with van der Waals surface area (Å²) in [5.41, 5.74) is 6.26. The van der Waals surface area contributed by atoms with Gasteiger partial charge in [-0.05, 0) is 18.1 Å². The van der Waals surface area contributed by atoms with Gasteiger partial charge in [0.15, 0.2) is 0 Å². The van der Waals surface area contributed by atoms with E-state index in [0.29, 0.717) is 12.2 Å². The number of nitrogens with two attached hydrogens (primary N) is 1. The van der Waals surface area contributed by atoms with Gasteiger partial charge >= 0.3 is 5.97 Å². The number of ether oxygens (including phenoxy) is 1. The molecule has 0 saturated carbocycles. The Morgan fingerprint density at radius 2 is 2.12 bits per heavy atom. The number of hydrogen-bond donors (Lipinski definition) is 3. The molecule has 4 N–H and O–H groups in total. The first-order chi connectivity index (χ1) is 8.15. The van der Waals surface area contributed by atoms with Crippen molar-refractivity contribution in [2.45, 2.75) is 18.9 Å². The lowest BCUT2D eigenvalue weighted by Gasteiger charge is -2.11. The predicted molar refractivity (Wildman–Crippen MR) is 63.0 cm³/mol. The van der Waals surface area contributed by atoms with Crippen molar-refractivity contribution in [1.29, 1.82) is 0 Å². The van der Waals surface area contributed by atoms with Gasteiger partial charge in [0.1, 0.15) is 11.8 Å². The lowest BCUT2D eigenvalue weighted by atomic mass is 10.1. The van der Waals surface area contributed by atoms with Gasteiger partial charge in [-0.1, -0.05) is 18.2 Å². The van der Waals surface area contributed by atoms with Crippen molar-refractivity contribution >= 4 is 5.97 Å². The summed E-state index contributed by atoms with van der Waals surface area (Å²) in [5.74, 6) is -0.364. The second-order valence-electron chi connectivity index (χ2n) is 3.66. The Morgan fingerprint density at radius 1 is 1.41 bits per heavy atom. The van der Waals surface area contributed by atoms with Gasteiger partial charge in [-0.2, -0.15) is 0 Å². The molecule has 0 heterocycles. The van der Waals surface area contributed by atoms with E-state index in [4.69, 9.17) is 20.7 Å². The van der Waals surface area contributed by atoms with Crippen molar-refractivity contribution in [3.05, 3.63) is 29.8 Å². The molecule has 0 saturated heterocycles. The summed E-state index contributed by atoms with van der Waals surface area (Å²) in [5, 5.41) is 17.5. The van der Waals surface area contributed by atoms with E-state index < -0.39 is 12.0 Å². The van der Waals surface area contributed by atoms with E-state index in [-0.39, 0.29) is 19.6 Å². The minimum Gasteiger partial charge on any atom is -0.493 e. The summed E-state index contributed by atoms with van der Waals surface area (Å²) >= 11 is 0. The van der Waals surface area contributed by atoms with E-state index in [2.05, 4.69) is 0 Å². The number of benzene rings is 1. The van der Waals surface area contributed by atoms with E-state index in [0.717, 1.165) is 5.56 Å². The van der Waals surface area contributed by atoms with E-state index in [1.54, 1.807) is 6.07 Å². The summed E-state index contributed by atoms with van der Waals surface area (Å²) in [6, 6.07) is 6.44. The molecule has 0 radical (unpaired) electrons. The number of carboxylic acid groups (broad SMARTS) is 1. The molecule has 0 bridgehead atoms. The molecule has 5 heteroatoms. The van der Waals surface area contributed by atoms with Gasteiger partial charge < -0.3 is 20.7 Å². The number of aliphatic hydroxyl groups is 1. The normalized spacial score (nSPS) is 12.1. The molecule has 0 amide bonds. The second kappa shape index (κ2) is 6.88. The SMILES string of the molecule is NC(CCOc1ccccc1CCO)C(=O)O. The van der Waals surface area contributed by atoms with Crippen LogP contribution in [0.2, 0.25) is 0 Å². The minimum atomic E-state index is -1.03. The first-order valence-electron chi connectivity index (χ1n) is 5.45. The first-order valence-corrected chi connectivity index (χ1v) is 5.45. The van der Waals surface area contributed by atoms with Crippen LogP contribution in [0.4, 0.5) is 0 Å². The third kappa shape index (κ3) is 4.42. The highest BCUT2D eigenvalue weighted by molar-refractivity contribution is 5.72. The topological polar surface area (TPSA) is 92.8 Å². The summed E-state index contributed by atoms with van der Waals surface area (Å²) in [4.78, 5) is 10.5. The fourth-order valence-corrected chi connectivity index (χ4v) is 1.39. The average Bonchev–Trinajstić information content (AvgIpc) is 2.31. The van der Waals surface area contributed by atoms with Gasteiger partial charge in [-0.25, -0.2) is 0 Å². The molecular formula is C12H17NO4. The number of aliphatic carboxylic acids is 1. The van der Waals surface area contributed by atoms with Crippen LogP contribution in [-0.2, 0) is 11.2 Å². The largest absolute Gasteiger partial charge is 0.493 e. The van der Waals surface area contributed by atoms with Crippen molar-refractivity contribution < 1.29 is 19.7 Å². The van der Waals surface area contributed by atoms with Crippen LogP contribution in [0.1, 0.15) is 12.0 Å². The smallest absolute Gasteiger partial charge is 0.320 e. The quantitative estimate of drug-likeness (QED) is 0.640. The van der Waals surface area contributed by atoms with Crippen molar-refractivity contribution in [2.75, 3.05) is 13.2 Å². The van der Waals surface area contributed by atoms with Gasteiger partial charge in [-0.3, -0.25) is 4.79 Å². The number of para-hydroxylation sites is 1. The average molecular weight is 239 g/mol. The Balaban J connectivity index is 2.48. The van der Waals surface area contributed by atoms with Crippen molar-refractivity contribution in [1.82, 2.24) is 0 Å². The highest BCUT2D eigenvalue weighted by atomic mass is 16.5. The van der Waals surface area contributed by atoms with Crippen LogP contribution in [0.3, 0.4) is 0 Å². The molecule has 0 aromatic heterocycles. The molecule has 0 aliphatic heterocycles. The van der Waals surface area contributed by atoms with Crippen LogP contribution in [0, 0.1) is 0 Å². The van der Waals surface area contributed by atoms with E-state index in [1.807, 2.05) is 18.2 Å². The molecule has 1 rings (SSSR count). The Morgan fingerprint density at radius 3 is 2.76 bits per heavy atom. The molecule has 1 aromatic rings. The van der Waals surface area contributed by atoms with Gasteiger partial charge in [-0.15, -0.1) is 0 Å². The summed E-state index contributed by atoms with van der Waals surface area (Å²) in [7, 11) is 0. The van der Waals surface area contributed by atoms with Gasteiger partial charge in [0.05, 0.1) is 6.61 Å². The molecule has 0 spiro atoms. The van der Waals surface area contributed by atoms with Crippen molar-refractivity contribution in [2.24, 2.45) is 5.73 Å². The zero-order valence-corrected chi connectivity index (χ0v) is 9.50. The molecular weight excluding hydrogens is 222 g/mol. The summed E-state index contributed by atoms with van der Waals surface area (Å²) < 4.78 is 5.46. The van der Waals surface area contributed by atoms with Crippen molar-refractivity contribution in [3.63, 3.8) is 0 Å². The monoisotopic (exact) mass is 239 g/mol. The third-order valence-corrected chi connectivity index (χ3v) is 2.36. The Kier molecular flexibility index (Phi) is 5.45. The summed E-state index contributed by atoms with van der Waals surface area (Å²) in [6.07, 6.45) is 0.768. The summed E-state index contributed by atoms with van der Waals surface area (Å²) in [6.45, 7) is 0.297. The Hall–Kier alpha value is -1.59. The molecule has 0 fully saturated rings. The molecule has 0 aliphatic rings. The first kappa shape index (κ1) is 13.5. The van der Waals surface area contributed by atoms with Crippen LogP contribution in [0.25, 0.3) is 0 Å². The molecule has 94 valence electrons. The number of carboxylic acids is 1. The second-order valence-corrected chi connectivity index (χ2v) is 3.66. The Labute approximate surface area is 99.8 Å². The van der Waals surface area contributed by atoms with Crippen LogP contribution in [0.5, 0.6) is 5.75 Å². The third-order valence-electron chi connectivity index (χ3n) is 2.36. The standard InChI is InChI=1S/C12H17NO4/c13-10(12(15)16)6-8-17-11-4-2-1-3-9(11)5-7-14/h1-4,10,14H,5-8,13H2,(H,15,16). The fourth-order valence-electron chi connectivity index (χ4n) is 1.39. The zero-order valence-electron chi connectivity index (χ0n) is 9.50. The number of aliphatic hydroxyl groups excluding tert-OH is 1.